The highest BCUT2D eigenvalue weighted by Gasteiger charge is 2.17. The number of aliphatic hydroxyl groups excluding tert-OH is 1. The molecule has 0 aliphatic heterocycles. The molecular weight excluding hydrogens is 415 g/mol. The molecule has 2 aromatic rings. The summed E-state index contributed by atoms with van der Waals surface area (Å²) in [5.41, 5.74) is 0.0959. The summed E-state index contributed by atoms with van der Waals surface area (Å²) in [7, 11) is -3.95. The molecule has 0 aliphatic carbocycles. The Bertz CT molecular complexity index is 781. The summed E-state index contributed by atoms with van der Waals surface area (Å²) in [6.45, 7) is -0.608. The number of hydrogen-bond donors (Lipinski definition) is 2. The van der Waals surface area contributed by atoms with Crippen molar-refractivity contribution in [3.05, 3.63) is 57.2 Å². The van der Waals surface area contributed by atoms with Crippen LogP contribution in [0.1, 0.15) is 5.56 Å². The number of hydrogen-bond acceptors (Lipinski definition) is 3. The molecule has 0 radical (unpaired) electrons. The van der Waals surface area contributed by atoms with Crippen molar-refractivity contribution in [2.75, 3.05) is 4.72 Å². The molecule has 0 unspecified atom stereocenters. The van der Waals surface area contributed by atoms with Crippen molar-refractivity contribution in [3.8, 4) is 0 Å². The number of benzene rings is 2. The molecule has 0 atom stereocenters. The summed E-state index contributed by atoms with van der Waals surface area (Å²) in [4.78, 5) is -0.187. The van der Waals surface area contributed by atoms with Crippen LogP contribution < -0.4 is 4.72 Å². The van der Waals surface area contributed by atoms with Crippen LogP contribution in [0.25, 0.3) is 0 Å². The second-order valence-corrected chi connectivity index (χ2v) is 6.99. The molecule has 4 nitrogen and oxygen atoms in total. The number of sulfonamides is 1. The topological polar surface area (TPSA) is 66.4 Å². The molecule has 112 valence electrons. The molecule has 0 amide bonds. The van der Waals surface area contributed by atoms with Gasteiger partial charge in [0.2, 0.25) is 0 Å². The summed E-state index contributed by atoms with van der Waals surface area (Å²) >= 11 is 1.80. The van der Waals surface area contributed by atoms with E-state index in [1.807, 2.05) is 0 Å². The third-order valence-corrected chi connectivity index (χ3v) is 4.93. The van der Waals surface area contributed by atoms with Crippen LogP contribution in [0.4, 0.5) is 14.5 Å². The lowest BCUT2D eigenvalue weighted by molar-refractivity contribution is 0.275. The minimum absolute atomic E-state index is 0.119. The highest BCUT2D eigenvalue weighted by atomic mass is 127. The lowest BCUT2D eigenvalue weighted by Gasteiger charge is -2.11. The highest BCUT2D eigenvalue weighted by Crippen LogP contribution is 2.23. The van der Waals surface area contributed by atoms with Crippen LogP contribution >= 0.6 is 22.6 Å². The monoisotopic (exact) mass is 425 g/mol. The summed E-state index contributed by atoms with van der Waals surface area (Å²) in [5.74, 6) is -1.17. The second-order valence-electron chi connectivity index (χ2n) is 4.14. The Kier molecular flexibility index (Phi) is 4.79. The minimum Gasteiger partial charge on any atom is -0.392 e. The fraction of sp³-hybridized carbons (Fsp3) is 0.0769. The van der Waals surface area contributed by atoms with Gasteiger partial charge in [0, 0.05) is 9.13 Å². The maximum Gasteiger partial charge on any atom is 0.261 e. The summed E-state index contributed by atoms with van der Waals surface area (Å²) < 4.78 is 53.4. The van der Waals surface area contributed by atoms with Crippen LogP contribution in [-0.2, 0) is 16.6 Å². The fourth-order valence-corrected chi connectivity index (χ4v) is 3.54. The van der Waals surface area contributed by atoms with Crippen LogP contribution in [0.2, 0.25) is 0 Å². The van der Waals surface area contributed by atoms with Gasteiger partial charge < -0.3 is 5.11 Å². The van der Waals surface area contributed by atoms with Crippen molar-refractivity contribution in [1.29, 1.82) is 0 Å². The third-order valence-electron chi connectivity index (χ3n) is 2.67. The van der Waals surface area contributed by atoms with Gasteiger partial charge in [-0.05, 0) is 59.0 Å². The van der Waals surface area contributed by atoms with E-state index in [-0.39, 0.29) is 16.1 Å². The highest BCUT2D eigenvalue weighted by molar-refractivity contribution is 14.1. The smallest absolute Gasteiger partial charge is 0.261 e. The van der Waals surface area contributed by atoms with Gasteiger partial charge in [-0.15, -0.1) is 0 Å². The molecule has 0 spiro atoms. The minimum atomic E-state index is -3.95. The third kappa shape index (κ3) is 3.69. The van der Waals surface area contributed by atoms with E-state index < -0.39 is 28.3 Å². The van der Waals surface area contributed by atoms with E-state index in [0.717, 1.165) is 24.3 Å². The van der Waals surface area contributed by atoms with Crippen molar-refractivity contribution in [3.63, 3.8) is 0 Å². The Labute approximate surface area is 134 Å². The van der Waals surface area contributed by atoms with Crippen molar-refractivity contribution in [2.24, 2.45) is 0 Å². The van der Waals surface area contributed by atoms with Gasteiger partial charge in [-0.1, -0.05) is 0 Å². The van der Waals surface area contributed by atoms with Gasteiger partial charge in [-0.3, -0.25) is 4.72 Å². The first-order chi connectivity index (χ1) is 9.83. The first-order valence-corrected chi connectivity index (χ1v) is 8.27. The maximum atomic E-state index is 13.3. The summed E-state index contributed by atoms with van der Waals surface area (Å²) in [5, 5.41) is 8.97. The number of anilines is 1. The standard InChI is InChI=1S/C13H10F2INO3S/c14-9-1-4-13(12(16)6-9)17-21(19,20)10-2-3-11(15)8(5-10)7-18/h1-6,17-18H,7H2. The number of halogens is 3. The quantitative estimate of drug-likeness (QED) is 0.741. The van der Waals surface area contributed by atoms with Gasteiger partial charge in [0.05, 0.1) is 17.2 Å². The number of aliphatic hydroxyl groups is 1. The Morgan fingerprint density at radius 1 is 1.14 bits per heavy atom. The van der Waals surface area contributed by atoms with Crippen molar-refractivity contribution in [2.45, 2.75) is 11.5 Å². The maximum absolute atomic E-state index is 13.3. The molecule has 0 aliphatic rings. The van der Waals surface area contributed by atoms with Crippen LogP contribution in [0.15, 0.2) is 41.3 Å². The normalized spacial score (nSPS) is 11.4. The molecule has 0 bridgehead atoms. The fourth-order valence-electron chi connectivity index (χ4n) is 1.62. The predicted octanol–water partition coefficient (Wildman–Crippen LogP) is 2.86. The Hall–Kier alpha value is -1.26. The number of rotatable bonds is 4. The predicted molar refractivity (Wildman–Crippen MR) is 82.2 cm³/mol. The van der Waals surface area contributed by atoms with Crippen LogP contribution in [0, 0.1) is 15.2 Å². The van der Waals surface area contributed by atoms with Gasteiger partial charge in [-0.2, -0.15) is 0 Å². The van der Waals surface area contributed by atoms with Gasteiger partial charge in [0.15, 0.2) is 0 Å². The van der Waals surface area contributed by atoms with Gasteiger partial charge in [0.1, 0.15) is 11.6 Å². The zero-order valence-electron chi connectivity index (χ0n) is 10.5. The Morgan fingerprint density at radius 2 is 1.86 bits per heavy atom. The Morgan fingerprint density at radius 3 is 2.48 bits per heavy atom. The van der Waals surface area contributed by atoms with Crippen molar-refractivity contribution >= 4 is 38.3 Å². The molecule has 2 aromatic carbocycles. The molecule has 0 aromatic heterocycles. The summed E-state index contributed by atoms with van der Waals surface area (Å²) in [6, 6.07) is 6.72. The van der Waals surface area contributed by atoms with Gasteiger partial charge >= 0.3 is 0 Å². The van der Waals surface area contributed by atoms with E-state index >= 15 is 0 Å². The van der Waals surface area contributed by atoms with E-state index in [1.54, 1.807) is 22.6 Å². The van der Waals surface area contributed by atoms with E-state index in [0.29, 0.717) is 3.57 Å². The number of nitrogens with one attached hydrogen (secondary N) is 1. The van der Waals surface area contributed by atoms with E-state index in [4.69, 9.17) is 5.11 Å². The van der Waals surface area contributed by atoms with E-state index in [1.165, 1.54) is 12.1 Å². The molecule has 0 fully saturated rings. The van der Waals surface area contributed by atoms with Crippen molar-refractivity contribution in [1.82, 2.24) is 0 Å². The summed E-state index contributed by atoms with van der Waals surface area (Å²) in [6.07, 6.45) is 0. The SMILES string of the molecule is O=S(=O)(Nc1ccc(F)cc1I)c1ccc(F)c(CO)c1. The van der Waals surface area contributed by atoms with Crippen LogP contribution in [0.5, 0.6) is 0 Å². The average Bonchev–Trinajstić information content (AvgIpc) is 2.42. The van der Waals surface area contributed by atoms with Gasteiger partial charge in [0.25, 0.3) is 10.0 Å². The molecule has 2 rings (SSSR count). The first kappa shape index (κ1) is 16.1. The lowest BCUT2D eigenvalue weighted by atomic mass is 10.2. The zero-order valence-corrected chi connectivity index (χ0v) is 13.5. The molecule has 0 saturated heterocycles. The molecule has 0 heterocycles. The zero-order chi connectivity index (χ0) is 15.6. The second kappa shape index (κ2) is 6.24. The molecular formula is C13H10F2INO3S. The van der Waals surface area contributed by atoms with E-state index in [9.17, 15) is 17.2 Å². The van der Waals surface area contributed by atoms with Crippen molar-refractivity contribution < 1.29 is 22.3 Å². The molecule has 2 N–H and O–H groups in total. The lowest BCUT2D eigenvalue weighted by Crippen LogP contribution is -2.14. The Balaban J connectivity index is 2.38. The molecule has 21 heavy (non-hydrogen) atoms. The van der Waals surface area contributed by atoms with Crippen LogP contribution in [0.3, 0.4) is 0 Å². The average molecular weight is 425 g/mol. The molecule has 8 heteroatoms. The van der Waals surface area contributed by atoms with Crippen LogP contribution in [-0.4, -0.2) is 13.5 Å². The van der Waals surface area contributed by atoms with E-state index in [2.05, 4.69) is 4.72 Å². The first-order valence-electron chi connectivity index (χ1n) is 5.70. The largest absolute Gasteiger partial charge is 0.392 e. The molecule has 0 saturated carbocycles. The van der Waals surface area contributed by atoms with Gasteiger partial charge in [-0.25, -0.2) is 17.2 Å².